The number of benzene rings is 2. The minimum absolute atomic E-state index is 0.0252. The van der Waals surface area contributed by atoms with E-state index in [1.54, 1.807) is 6.07 Å². The molecule has 21 heavy (non-hydrogen) atoms. The van der Waals surface area contributed by atoms with Crippen molar-refractivity contribution >= 4 is 0 Å². The molecule has 110 valence electrons. The summed E-state index contributed by atoms with van der Waals surface area (Å²) in [4.78, 5) is 0. The van der Waals surface area contributed by atoms with Crippen LogP contribution >= 0.6 is 0 Å². The number of fused-ring (bicyclic) bond motifs is 1. The van der Waals surface area contributed by atoms with Gasteiger partial charge in [0.25, 0.3) is 0 Å². The van der Waals surface area contributed by atoms with E-state index in [-0.39, 0.29) is 12.4 Å². The third-order valence-corrected chi connectivity index (χ3v) is 4.44. The predicted molar refractivity (Wildman–Crippen MR) is 81.5 cm³/mol. The van der Waals surface area contributed by atoms with Gasteiger partial charge in [-0.2, -0.15) is 0 Å². The van der Waals surface area contributed by atoms with Crippen LogP contribution in [0.1, 0.15) is 28.7 Å². The van der Waals surface area contributed by atoms with E-state index in [4.69, 9.17) is 0 Å². The molecular formula is C18H20FNO. The first-order chi connectivity index (χ1) is 10.1. The molecule has 1 unspecified atom stereocenters. The molecule has 0 amide bonds. The molecule has 0 aromatic heterocycles. The Balaban J connectivity index is 1.85. The first kappa shape index (κ1) is 14.2. The summed E-state index contributed by atoms with van der Waals surface area (Å²) in [5.41, 5.74) is 3.64. The van der Waals surface area contributed by atoms with Gasteiger partial charge in [-0.1, -0.05) is 42.0 Å². The Morgan fingerprint density at radius 3 is 2.86 bits per heavy atom. The molecule has 3 heteroatoms. The van der Waals surface area contributed by atoms with Crippen LogP contribution < -0.4 is 5.32 Å². The number of rotatable bonds is 4. The van der Waals surface area contributed by atoms with Crippen LogP contribution in [0.4, 0.5) is 4.39 Å². The van der Waals surface area contributed by atoms with Gasteiger partial charge in [0, 0.05) is 12.1 Å². The summed E-state index contributed by atoms with van der Waals surface area (Å²) in [5.74, 6) is -0.201. The third-order valence-electron chi connectivity index (χ3n) is 4.44. The van der Waals surface area contributed by atoms with Crippen molar-refractivity contribution in [1.29, 1.82) is 0 Å². The number of nitrogens with one attached hydrogen (secondary N) is 1. The summed E-state index contributed by atoms with van der Waals surface area (Å²) >= 11 is 0. The second-order valence-corrected chi connectivity index (χ2v) is 5.85. The van der Waals surface area contributed by atoms with Crippen LogP contribution in [-0.4, -0.2) is 11.7 Å². The minimum Gasteiger partial charge on any atom is -0.394 e. The van der Waals surface area contributed by atoms with Gasteiger partial charge in [-0.25, -0.2) is 4.39 Å². The Morgan fingerprint density at radius 2 is 2.05 bits per heavy atom. The highest BCUT2D eigenvalue weighted by Crippen LogP contribution is 2.36. The van der Waals surface area contributed by atoms with Gasteiger partial charge < -0.3 is 10.4 Å². The van der Waals surface area contributed by atoms with Gasteiger partial charge in [-0.05, 0) is 37.0 Å². The highest BCUT2D eigenvalue weighted by Gasteiger charge is 2.37. The fourth-order valence-corrected chi connectivity index (χ4v) is 3.20. The monoisotopic (exact) mass is 285 g/mol. The molecule has 0 aliphatic heterocycles. The van der Waals surface area contributed by atoms with Crippen molar-refractivity contribution in [3.05, 3.63) is 70.5 Å². The van der Waals surface area contributed by atoms with Gasteiger partial charge in [0.1, 0.15) is 5.82 Å². The molecule has 0 saturated carbocycles. The van der Waals surface area contributed by atoms with Crippen molar-refractivity contribution in [2.45, 2.75) is 31.8 Å². The van der Waals surface area contributed by atoms with Gasteiger partial charge >= 0.3 is 0 Å². The molecule has 0 bridgehead atoms. The highest BCUT2D eigenvalue weighted by atomic mass is 19.1. The average molecular weight is 285 g/mol. The second kappa shape index (κ2) is 5.58. The molecule has 1 aliphatic carbocycles. The van der Waals surface area contributed by atoms with E-state index in [0.29, 0.717) is 12.1 Å². The van der Waals surface area contributed by atoms with Crippen molar-refractivity contribution in [2.24, 2.45) is 0 Å². The van der Waals surface area contributed by atoms with Crippen molar-refractivity contribution in [1.82, 2.24) is 5.32 Å². The Bertz CT molecular complexity index is 655. The molecule has 3 rings (SSSR count). The zero-order valence-corrected chi connectivity index (χ0v) is 12.2. The maximum absolute atomic E-state index is 13.9. The number of halogens is 1. The molecule has 2 N–H and O–H groups in total. The van der Waals surface area contributed by atoms with Crippen molar-refractivity contribution < 1.29 is 9.50 Å². The number of aliphatic hydroxyl groups is 1. The topological polar surface area (TPSA) is 32.3 Å². The van der Waals surface area contributed by atoms with Crippen LogP contribution in [-0.2, 0) is 18.5 Å². The molecule has 0 spiro atoms. The van der Waals surface area contributed by atoms with Gasteiger partial charge in [-0.3, -0.25) is 0 Å². The normalized spacial score (nSPS) is 20.5. The van der Waals surface area contributed by atoms with E-state index >= 15 is 0 Å². The standard InChI is InChI=1S/C18H20FNO/c1-13-6-7-17(19)15(10-13)11-20-18(12-21)9-8-14-4-2-3-5-16(14)18/h2-7,10,20-21H,8-9,11-12H2,1H3. The van der Waals surface area contributed by atoms with Crippen LogP contribution in [0.15, 0.2) is 42.5 Å². The van der Waals surface area contributed by atoms with Crippen LogP contribution in [0.25, 0.3) is 0 Å². The summed E-state index contributed by atoms with van der Waals surface area (Å²) in [5, 5.41) is 13.3. The molecule has 2 aromatic carbocycles. The SMILES string of the molecule is Cc1ccc(F)c(CNC2(CO)CCc3ccccc32)c1. The molecule has 2 nitrogen and oxygen atoms in total. The smallest absolute Gasteiger partial charge is 0.127 e. The lowest BCUT2D eigenvalue weighted by molar-refractivity contribution is 0.158. The lowest BCUT2D eigenvalue weighted by Gasteiger charge is -2.30. The van der Waals surface area contributed by atoms with E-state index in [1.165, 1.54) is 11.6 Å². The van der Waals surface area contributed by atoms with E-state index in [0.717, 1.165) is 24.0 Å². The first-order valence-electron chi connectivity index (χ1n) is 7.34. The van der Waals surface area contributed by atoms with E-state index in [2.05, 4.69) is 17.4 Å². The minimum atomic E-state index is -0.452. The summed E-state index contributed by atoms with van der Waals surface area (Å²) in [6.07, 6.45) is 1.79. The van der Waals surface area contributed by atoms with Gasteiger partial charge in [-0.15, -0.1) is 0 Å². The molecular weight excluding hydrogens is 265 g/mol. The van der Waals surface area contributed by atoms with Crippen molar-refractivity contribution in [3.63, 3.8) is 0 Å². The fourth-order valence-electron chi connectivity index (χ4n) is 3.20. The number of aliphatic hydroxyl groups excluding tert-OH is 1. The van der Waals surface area contributed by atoms with Crippen LogP contribution in [0.2, 0.25) is 0 Å². The zero-order chi connectivity index (χ0) is 14.9. The fraction of sp³-hybridized carbons (Fsp3) is 0.333. The second-order valence-electron chi connectivity index (χ2n) is 5.85. The van der Waals surface area contributed by atoms with Crippen LogP contribution in [0.5, 0.6) is 0 Å². The maximum atomic E-state index is 13.9. The number of hydrogen-bond acceptors (Lipinski definition) is 2. The molecule has 0 heterocycles. The predicted octanol–water partition coefficient (Wildman–Crippen LogP) is 3.06. The quantitative estimate of drug-likeness (QED) is 0.905. The lowest BCUT2D eigenvalue weighted by atomic mass is 9.92. The Morgan fingerprint density at radius 1 is 1.24 bits per heavy atom. The van der Waals surface area contributed by atoms with Gasteiger partial charge in [0.15, 0.2) is 0 Å². The van der Waals surface area contributed by atoms with Gasteiger partial charge in [0.05, 0.1) is 12.1 Å². The summed E-state index contributed by atoms with van der Waals surface area (Å²) in [6.45, 7) is 2.40. The molecule has 1 aliphatic rings. The number of aryl methyl sites for hydroxylation is 2. The number of hydrogen-bond donors (Lipinski definition) is 2. The van der Waals surface area contributed by atoms with Gasteiger partial charge in [0.2, 0.25) is 0 Å². The average Bonchev–Trinajstić information content (AvgIpc) is 2.88. The summed E-state index contributed by atoms with van der Waals surface area (Å²) < 4.78 is 13.9. The summed E-state index contributed by atoms with van der Waals surface area (Å²) in [6, 6.07) is 13.3. The Hall–Kier alpha value is -1.71. The molecule has 0 saturated heterocycles. The Labute approximate surface area is 124 Å². The lowest BCUT2D eigenvalue weighted by Crippen LogP contribution is -2.43. The first-order valence-corrected chi connectivity index (χ1v) is 7.34. The highest BCUT2D eigenvalue weighted by molar-refractivity contribution is 5.39. The third kappa shape index (κ3) is 2.59. The summed E-state index contributed by atoms with van der Waals surface area (Å²) in [7, 11) is 0. The van der Waals surface area contributed by atoms with Crippen molar-refractivity contribution in [2.75, 3.05) is 6.61 Å². The molecule has 0 radical (unpaired) electrons. The van der Waals surface area contributed by atoms with Crippen molar-refractivity contribution in [3.8, 4) is 0 Å². The largest absolute Gasteiger partial charge is 0.394 e. The van der Waals surface area contributed by atoms with E-state index in [1.807, 2.05) is 25.1 Å². The van der Waals surface area contributed by atoms with E-state index in [9.17, 15) is 9.50 Å². The molecule has 1 atom stereocenters. The zero-order valence-electron chi connectivity index (χ0n) is 12.2. The van der Waals surface area contributed by atoms with E-state index < -0.39 is 5.54 Å². The Kier molecular flexibility index (Phi) is 3.79. The van der Waals surface area contributed by atoms with Crippen LogP contribution in [0.3, 0.4) is 0 Å². The molecule has 0 fully saturated rings. The van der Waals surface area contributed by atoms with Crippen LogP contribution in [0, 0.1) is 12.7 Å². The molecule has 2 aromatic rings. The maximum Gasteiger partial charge on any atom is 0.127 e.